The molecule has 8 nitrogen and oxygen atoms in total. The Morgan fingerprint density at radius 3 is 2.77 bits per heavy atom. The van der Waals surface area contributed by atoms with Crippen molar-refractivity contribution in [1.82, 2.24) is 25.5 Å². The molecule has 0 fully saturated rings. The van der Waals surface area contributed by atoms with Gasteiger partial charge in [-0.1, -0.05) is 35.5 Å². The summed E-state index contributed by atoms with van der Waals surface area (Å²) in [6.07, 6.45) is 5.11. The number of aromatic amines is 1. The van der Waals surface area contributed by atoms with Crippen LogP contribution in [0.5, 0.6) is 0 Å². The fourth-order valence-corrected chi connectivity index (χ4v) is 4.29. The molecule has 1 amide bonds. The average molecular weight is 508 g/mol. The summed E-state index contributed by atoms with van der Waals surface area (Å²) in [5.74, 6) is -0.551. The Hall–Kier alpha value is -3.76. The van der Waals surface area contributed by atoms with Gasteiger partial charge >= 0.3 is 0 Å². The first-order valence-electron chi connectivity index (χ1n) is 10.6. The highest BCUT2D eigenvalue weighted by atomic mass is 35.5. The number of benzene rings is 2. The fraction of sp³-hybridized carbons (Fsp3) is 0.125. The number of halogens is 2. The van der Waals surface area contributed by atoms with E-state index in [2.05, 4.69) is 30.8 Å². The summed E-state index contributed by atoms with van der Waals surface area (Å²) in [6.45, 7) is 1.78. The second-order valence-corrected chi connectivity index (χ2v) is 8.98. The number of allylic oxidation sites excluding steroid dienone is 1. The van der Waals surface area contributed by atoms with Crippen LogP contribution in [-0.4, -0.2) is 38.2 Å². The molecule has 4 aromatic rings. The van der Waals surface area contributed by atoms with Gasteiger partial charge in [0.15, 0.2) is 11.0 Å². The van der Waals surface area contributed by atoms with Gasteiger partial charge in [0.2, 0.25) is 0 Å². The number of rotatable bonds is 5. The highest BCUT2D eigenvalue weighted by molar-refractivity contribution is 7.98. The van der Waals surface area contributed by atoms with Crippen molar-refractivity contribution in [3.63, 3.8) is 0 Å². The van der Waals surface area contributed by atoms with Crippen LogP contribution in [0.2, 0.25) is 5.02 Å². The van der Waals surface area contributed by atoms with Crippen molar-refractivity contribution in [2.75, 3.05) is 11.6 Å². The number of amides is 1. The van der Waals surface area contributed by atoms with Crippen LogP contribution in [0.4, 0.5) is 10.1 Å². The van der Waals surface area contributed by atoms with Crippen LogP contribution >= 0.6 is 23.4 Å². The number of nitrogens with one attached hydrogen (secondary N) is 3. The lowest BCUT2D eigenvalue weighted by Crippen LogP contribution is -2.34. The molecule has 0 saturated carbocycles. The molecule has 3 N–H and O–H groups in total. The quantitative estimate of drug-likeness (QED) is 0.263. The van der Waals surface area contributed by atoms with Gasteiger partial charge in [-0.05, 0) is 43.0 Å². The molecule has 0 spiro atoms. The number of nitrogens with zero attached hydrogens (tertiary/aromatic N) is 4. The highest BCUT2D eigenvalue weighted by Crippen LogP contribution is 2.33. The number of aliphatic imine (C=N–C) groups is 1. The molecule has 2 aromatic heterocycles. The number of fused-ring (bicyclic) bond motifs is 1. The van der Waals surface area contributed by atoms with Crippen molar-refractivity contribution in [2.24, 2.45) is 4.99 Å². The van der Waals surface area contributed by atoms with Crippen molar-refractivity contribution in [1.29, 1.82) is 0 Å². The van der Waals surface area contributed by atoms with Crippen LogP contribution in [0.3, 0.4) is 0 Å². The monoisotopic (exact) mass is 507 g/mol. The van der Waals surface area contributed by atoms with Gasteiger partial charge in [0.05, 0.1) is 23.0 Å². The second-order valence-electron chi connectivity index (χ2n) is 7.77. The van der Waals surface area contributed by atoms with Crippen LogP contribution < -0.4 is 10.6 Å². The summed E-state index contributed by atoms with van der Waals surface area (Å²) in [5, 5.41) is 14.3. The number of carbonyl (C=O) groups is 1. The standard InChI is InChI=1S/C24H19ClFN7OS/c1-12-20(23(34)30-19-9-14-11-28-33-18(14)10-16(19)26)21(13-3-5-15(25)6-4-13)32-22(29-12)17-7-8-27-24(31-17)35-2/h3-11,21H,1-2H3,(H,28,33)(H,29,32)(H,30,34). The molecule has 5 rings (SSSR count). The van der Waals surface area contributed by atoms with Crippen molar-refractivity contribution in [3.05, 3.63) is 88.2 Å². The zero-order valence-corrected chi connectivity index (χ0v) is 20.2. The smallest absolute Gasteiger partial charge is 0.255 e. The van der Waals surface area contributed by atoms with E-state index in [1.54, 1.807) is 37.5 Å². The topological polar surface area (TPSA) is 108 Å². The largest absolute Gasteiger partial charge is 0.342 e. The van der Waals surface area contributed by atoms with Crippen molar-refractivity contribution < 1.29 is 9.18 Å². The number of carbonyl (C=O) groups excluding carboxylic acids is 1. The maximum Gasteiger partial charge on any atom is 0.255 e. The van der Waals surface area contributed by atoms with Crippen LogP contribution in [0.15, 0.2) is 76.3 Å². The molecule has 1 unspecified atom stereocenters. The van der Waals surface area contributed by atoms with E-state index in [4.69, 9.17) is 16.6 Å². The number of thioether (sulfide) groups is 1. The predicted molar refractivity (Wildman–Crippen MR) is 135 cm³/mol. The molecule has 176 valence electrons. The molecule has 0 bridgehead atoms. The minimum absolute atomic E-state index is 0.0502. The Bertz CT molecular complexity index is 1500. The Morgan fingerprint density at radius 2 is 2.00 bits per heavy atom. The first kappa shape index (κ1) is 23.0. The van der Waals surface area contributed by atoms with Gasteiger partial charge in [-0.25, -0.2) is 14.4 Å². The van der Waals surface area contributed by atoms with Gasteiger partial charge < -0.3 is 10.6 Å². The molecule has 1 aliphatic rings. The average Bonchev–Trinajstić information content (AvgIpc) is 3.31. The normalized spacial score (nSPS) is 15.7. The van der Waals surface area contributed by atoms with Crippen LogP contribution in [0.25, 0.3) is 10.9 Å². The number of aromatic nitrogens is 4. The van der Waals surface area contributed by atoms with Gasteiger partial charge in [-0.3, -0.25) is 14.9 Å². The summed E-state index contributed by atoms with van der Waals surface area (Å²) in [5.41, 5.74) is 2.86. The number of amidine groups is 1. The molecule has 0 radical (unpaired) electrons. The van der Waals surface area contributed by atoms with E-state index in [1.807, 2.05) is 18.4 Å². The number of hydrogen-bond acceptors (Lipinski definition) is 7. The van der Waals surface area contributed by atoms with Crippen molar-refractivity contribution >= 4 is 51.7 Å². The van der Waals surface area contributed by atoms with Crippen LogP contribution in [0.1, 0.15) is 24.2 Å². The van der Waals surface area contributed by atoms with Crippen molar-refractivity contribution in [3.8, 4) is 0 Å². The maximum atomic E-state index is 14.7. The minimum atomic E-state index is -0.670. The molecular formula is C24H19ClFN7OS. The lowest BCUT2D eigenvalue weighted by Gasteiger charge is -2.26. The number of hydrogen-bond donors (Lipinski definition) is 3. The highest BCUT2D eigenvalue weighted by Gasteiger charge is 2.30. The maximum absolute atomic E-state index is 14.7. The summed E-state index contributed by atoms with van der Waals surface area (Å²) in [7, 11) is 0. The first-order chi connectivity index (χ1) is 16.9. The molecule has 1 aliphatic heterocycles. The molecule has 2 aromatic carbocycles. The summed E-state index contributed by atoms with van der Waals surface area (Å²) < 4.78 is 14.7. The zero-order chi connectivity index (χ0) is 24.5. The minimum Gasteiger partial charge on any atom is -0.342 e. The third kappa shape index (κ3) is 4.62. The van der Waals surface area contributed by atoms with Gasteiger partial charge in [0, 0.05) is 28.4 Å². The zero-order valence-electron chi connectivity index (χ0n) is 18.6. The van der Waals surface area contributed by atoms with E-state index >= 15 is 0 Å². The SMILES string of the molecule is CSc1nccc(C2=NC(c3ccc(Cl)cc3)C(C(=O)Nc3cc4cn[nH]c4cc3F)=C(C)N2)n1. The van der Waals surface area contributed by atoms with Gasteiger partial charge in [0.1, 0.15) is 17.6 Å². The Balaban J connectivity index is 1.54. The van der Waals surface area contributed by atoms with Gasteiger partial charge in [0.25, 0.3) is 5.91 Å². The summed E-state index contributed by atoms with van der Waals surface area (Å²) in [4.78, 5) is 27.0. The van der Waals surface area contributed by atoms with Gasteiger partial charge in [-0.2, -0.15) is 5.10 Å². The number of H-pyrrole nitrogens is 1. The van der Waals surface area contributed by atoms with E-state index < -0.39 is 17.8 Å². The lowest BCUT2D eigenvalue weighted by atomic mass is 9.95. The van der Waals surface area contributed by atoms with Crippen LogP contribution in [-0.2, 0) is 4.79 Å². The Labute approximate surface area is 209 Å². The lowest BCUT2D eigenvalue weighted by molar-refractivity contribution is -0.113. The third-order valence-electron chi connectivity index (χ3n) is 5.51. The second kappa shape index (κ2) is 9.47. The third-order valence-corrected chi connectivity index (χ3v) is 6.32. The van der Waals surface area contributed by atoms with E-state index in [0.717, 1.165) is 5.56 Å². The molecule has 0 saturated heterocycles. The Morgan fingerprint density at radius 1 is 1.20 bits per heavy atom. The van der Waals surface area contributed by atoms with Crippen LogP contribution in [0, 0.1) is 5.82 Å². The fourth-order valence-electron chi connectivity index (χ4n) is 3.81. The predicted octanol–water partition coefficient (Wildman–Crippen LogP) is 4.87. The van der Waals surface area contributed by atoms with E-state index in [0.29, 0.717) is 43.9 Å². The van der Waals surface area contributed by atoms with E-state index in [-0.39, 0.29) is 5.69 Å². The Kier molecular flexibility index (Phi) is 6.23. The molecule has 3 heterocycles. The van der Waals surface area contributed by atoms with Gasteiger partial charge in [-0.15, -0.1) is 0 Å². The molecule has 1 atom stereocenters. The first-order valence-corrected chi connectivity index (χ1v) is 12.2. The molecule has 0 aliphatic carbocycles. The molecule has 35 heavy (non-hydrogen) atoms. The molecular weight excluding hydrogens is 489 g/mol. The summed E-state index contributed by atoms with van der Waals surface area (Å²) >= 11 is 7.51. The van der Waals surface area contributed by atoms with E-state index in [9.17, 15) is 9.18 Å². The summed E-state index contributed by atoms with van der Waals surface area (Å²) in [6, 6.07) is 11.0. The van der Waals surface area contributed by atoms with Crippen molar-refractivity contribution in [2.45, 2.75) is 18.1 Å². The number of anilines is 1. The molecule has 11 heteroatoms. The van der Waals surface area contributed by atoms with E-state index in [1.165, 1.54) is 23.9 Å².